The van der Waals surface area contributed by atoms with Gasteiger partial charge in [-0.2, -0.15) is 0 Å². The third-order valence-electron chi connectivity index (χ3n) is 10.7. The lowest BCUT2D eigenvalue weighted by atomic mass is 9.73. The lowest BCUT2D eigenvalue weighted by Gasteiger charge is -2.32. The Kier molecular flexibility index (Phi) is 11.0. The molecule has 5 amide bonds. The van der Waals surface area contributed by atoms with E-state index in [1.165, 1.54) is 6.07 Å². The molecular formula is C41H42FN5O7. The molecule has 1 aliphatic carbocycles. The van der Waals surface area contributed by atoms with E-state index in [-0.39, 0.29) is 47.5 Å². The molecule has 7 rings (SSSR count). The molecule has 280 valence electrons. The number of benzene rings is 3. The van der Waals surface area contributed by atoms with Crippen molar-refractivity contribution in [3.63, 3.8) is 0 Å². The number of piperidine rings is 1. The molecule has 2 aliphatic heterocycles. The summed E-state index contributed by atoms with van der Waals surface area (Å²) in [5.41, 5.74) is 3.49. The number of pyridine rings is 1. The van der Waals surface area contributed by atoms with E-state index in [2.05, 4.69) is 20.9 Å². The first-order valence-corrected chi connectivity index (χ1v) is 18.4. The molecule has 3 aromatic carbocycles. The fourth-order valence-electron chi connectivity index (χ4n) is 7.77. The Morgan fingerprint density at radius 1 is 0.944 bits per heavy atom. The number of anilines is 2. The predicted molar refractivity (Wildman–Crippen MR) is 199 cm³/mol. The first-order chi connectivity index (χ1) is 26.2. The molecule has 0 radical (unpaired) electrons. The summed E-state index contributed by atoms with van der Waals surface area (Å²) in [7, 11) is 0. The minimum Gasteiger partial charge on any atom is -0.491 e. The third kappa shape index (κ3) is 7.81. The Hall–Kier alpha value is -5.69. The maximum atomic E-state index is 14.0. The largest absolute Gasteiger partial charge is 0.491 e. The summed E-state index contributed by atoms with van der Waals surface area (Å²) in [5.74, 6) is -1.43. The highest BCUT2D eigenvalue weighted by Gasteiger charge is 2.45. The normalized spacial score (nSPS) is 20.4. The number of fused-ring (bicyclic) bond motifs is 2. The van der Waals surface area contributed by atoms with Gasteiger partial charge >= 0.3 is 0 Å². The summed E-state index contributed by atoms with van der Waals surface area (Å²) in [4.78, 5) is 68.7. The van der Waals surface area contributed by atoms with Crippen molar-refractivity contribution in [2.24, 2.45) is 11.8 Å². The maximum Gasteiger partial charge on any atom is 0.264 e. The van der Waals surface area contributed by atoms with Crippen molar-refractivity contribution in [3.8, 4) is 5.75 Å². The topological polar surface area (TPSA) is 156 Å². The van der Waals surface area contributed by atoms with Gasteiger partial charge in [0.1, 0.15) is 24.2 Å². The van der Waals surface area contributed by atoms with Crippen LogP contribution in [0.2, 0.25) is 0 Å². The standard InChI is InChI=1S/C41H42FN5O7/c1-24(25-5-7-26(8-6-25)30-17-18-43-33-14-9-27(42)23-32(30)33)38(49)45-28-10-12-29(13-11-28)54-22-21-53-20-19-44-34-4-2-3-31-37(34)41(52)47(40(31)51)35-15-16-36(48)46-39(35)50/h2-4,9-14,17-18,23-26,35,44H,5-8,15-16,19-22H2,1H3,(H,45,49)(H,46,48,50)/t24-,25?,26?,35?/m1/s1. The summed E-state index contributed by atoms with van der Waals surface area (Å²) in [6, 6.07) is 17.8. The van der Waals surface area contributed by atoms with Gasteiger partial charge in [0.2, 0.25) is 17.7 Å². The molecule has 0 spiro atoms. The highest BCUT2D eigenvalue weighted by atomic mass is 19.1. The van der Waals surface area contributed by atoms with Gasteiger partial charge in [-0.05, 0) is 110 Å². The Labute approximate surface area is 311 Å². The maximum absolute atomic E-state index is 14.0. The summed E-state index contributed by atoms with van der Waals surface area (Å²) >= 11 is 0. The number of rotatable bonds is 13. The number of ether oxygens (including phenoxy) is 2. The van der Waals surface area contributed by atoms with Crippen LogP contribution in [0.15, 0.2) is 72.9 Å². The van der Waals surface area contributed by atoms with Gasteiger partial charge in [-0.3, -0.25) is 39.2 Å². The van der Waals surface area contributed by atoms with Crippen LogP contribution >= 0.6 is 0 Å². The number of nitrogens with one attached hydrogen (secondary N) is 3. The Balaban J connectivity index is 0.810. The zero-order chi connectivity index (χ0) is 37.8. The van der Waals surface area contributed by atoms with Gasteiger partial charge in [0, 0.05) is 41.8 Å². The fraction of sp³-hybridized carbons (Fsp3) is 0.366. The van der Waals surface area contributed by atoms with Gasteiger partial charge < -0.3 is 20.1 Å². The van der Waals surface area contributed by atoms with E-state index in [4.69, 9.17) is 9.47 Å². The average molecular weight is 736 g/mol. The van der Waals surface area contributed by atoms with Crippen molar-refractivity contribution in [1.29, 1.82) is 0 Å². The van der Waals surface area contributed by atoms with Gasteiger partial charge in [-0.1, -0.05) is 13.0 Å². The number of carbonyl (C=O) groups is 5. The molecule has 3 aliphatic rings. The van der Waals surface area contributed by atoms with Crippen LogP contribution in [0.4, 0.5) is 15.8 Å². The number of carbonyl (C=O) groups excluding carboxylic acids is 5. The number of amides is 5. The highest BCUT2D eigenvalue weighted by molar-refractivity contribution is 6.25. The number of nitrogens with zero attached hydrogens (tertiary/aromatic N) is 2. The molecule has 13 heteroatoms. The Bertz CT molecular complexity index is 2080. The van der Waals surface area contributed by atoms with E-state index < -0.39 is 29.7 Å². The van der Waals surface area contributed by atoms with Crippen molar-refractivity contribution in [3.05, 3.63) is 95.4 Å². The van der Waals surface area contributed by atoms with E-state index in [1.54, 1.807) is 60.8 Å². The van der Waals surface area contributed by atoms with Crippen LogP contribution in [-0.4, -0.2) is 71.8 Å². The van der Waals surface area contributed by atoms with E-state index in [9.17, 15) is 28.4 Å². The van der Waals surface area contributed by atoms with Crippen molar-refractivity contribution in [2.45, 2.75) is 57.4 Å². The first kappa shape index (κ1) is 36.7. The predicted octanol–water partition coefficient (Wildman–Crippen LogP) is 5.83. The zero-order valence-electron chi connectivity index (χ0n) is 29.9. The van der Waals surface area contributed by atoms with Gasteiger partial charge in [0.15, 0.2) is 0 Å². The smallest absolute Gasteiger partial charge is 0.264 e. The van der Waals surface area contributed by atoms with Gasteiger partial charge in [0.05, 0.1) is 29.9 Å². The molecule has 3 heterocycles. The van der Waals surface area contributed by atoms with Crippen molar-refractivity contribution >= 4 is 51.8 Å². The van der Waals surface area contributed by atoms with Crippen LogP contribution in [0.1, 0.15) is 77.6 Å². The zero-order valence-corrected chi connectivity index (χ0v) is 29.9. The number of imide groups is 2. The number of aromatic nitrogens is 1. The van der Waals surface area contributed by atoms with Crippen LogP contribution in [0, 0.1) is 17.7 Å². The lowest BCUT2D eigenvalue weighted by molar-refractivity contribution is -0.136. The van der Waals surface area contributed by atoms with E-state index in [0.717, 1.165) is 47.0 Å². The Morgan fingerprint density at radius 2 is 1.74 bits per heavy atom. The molecule has 1 aromatic heterocycles. The first-order valence-electron chi connectivity index (χ1n) is 18.4. The van der Waals surface area contributed by atoms with Crippen LogP contribution in [0.3, 0.4) is 0 Å². The third-order valence-corrected chi connectivity index (χ3v) is 10.7. The second-order valence-corrected chi connectivity index (χ2v) is 14.0. The van der Waals surface area contributed by atoms with Crippen LogP contribution in [0.25, 0.3) is 10.9 Å². The molecule has 1 saturated heterocycles. The van der Waals surface area contributed by atoms with Gasteiger partial charge in [-0.25, -0.2) is 4.39 Å². The second-order valence-electron chi connectivity index (χ2n) is 14.0. The Morgan fingerprint density at radius 3 is 2.52 bits per heavy atom. The minimum absolute atomic E-state index is 0.0198. The molecule has 0 bridgehead atoms. The van der Waals surface area contributed by atoms with Gasteiger partial charge in [-0.15, -0.1) is 0 Å². The highest BCUT2D eigenvalue weighted by Crippen LogP contribution is 2.41. The molecular weight excluding hydrogens is 693 g/mol. The van der Waals surface area contributed by atoms with Crippen molar-refractivity contribution in [2.75, 3.05) is 37.0 Å². The van der Waals surface area contributed by atoms with Crippen LogP contribution < -0.4 is 20.7 Å². The second kappa shape index (κ2) is 16.1. The monoisotopic (exact) mass is 735 g/mol. The summed E-state index contributed by atoms with van der Waals surface area (Å²) in [5, 5.41) is 9.25. The van der Waals surface area contributed by atoms with E-state index in [1.807, 2.05) is 13.0 Å². The quantitative estimate of drug-likeness (QED) is 0.114. The van der Waals surface area contributed by atoms with Crippen molar-refractivity contribution in [1.82, 2.24) is 15.2 Å². The average Bonchev–Trinajstić information content (AvgIpc) is 3.43. The molecule has 2 fully saturated rings. The number of hydrogen-bond acceptors (Lipinski definition) is 9. The molecule has 3 N–H and O–H groups in total. The molecule has 1 saturated carbocycles. The molecule has 12 nitrogen and oxygen atoms in total. The molecule has 2 atom stereocenters. The van der Waals surface area contributed by atoms with Crippen LogP contribution in [0.5, 0.6) is 5.75 Å². The lowest BCUT2D eigenvalue weighted by Crippen LogP contribution is -2.54. The molecule has 1 unspecified atom stereocenters. The van der Waals surface area contributed by atoms with Crippen LogP contribution in [-0.2, 0) is 19.1 Å². The summed E-state index contributed by atoms with van der Waals surface area (Å²) in [6.45, 7) is 3.24. The number of halogens is 1. The van der Waals surface area contributed by atoms with E-state index >= 15 is 0 Å². The SMILES string of the molecule is C[C@@H](C(=O)Nc1ccc(OCCOCCNc2cccc3c2C(=O)N(C2CCC(=O)NC2=O)C3=O)cc1)C1CCC(c2ccnc3ccc(F)cc23)CC1. The number of hydrogen-bond donors (Lipinski definition) is 3. The summed E-state index contributed by atoms with van der Waals surface area (Å²) < 4.78 is 25.5. The summed E-state index contributed by atoms with van der Waals surface area (Å²) in [6.07, 6.45) is 5.66. The van der Waals surface area contributed by atoms with Crippen molar-refractivity contribution < 1.29 is 37.8 Å². The van der Waals surface area contributed by atoms with Gasteiger partial charge in [0.25, 0.3) is 11.8 Å². The fourth-order valence-corrected chi connectivity index (χ4v) is 7.77. The molecule has 4 aromatic rings. The molecule has 54 heavy (non-hydrogen) atoms. The minimum atomic E-state index is -1.03. The van der Waals surface area contributed by atoms with E-state index in [0.29, 0.717) is 49.4 Å².